The number of hydrogen-bond acceptors (Lipinski definition) is 8. The Bertz CT molecular complexity index is 1150. The number of ether oxygens (including phenoxy) is 3. The van der Waals surface area contributed by atoms with E-state index in [1.807, 2.05) is 60.7 Å². The first-order valence-electron chi connectivity index (χ1n) is 13.7. The van der Waals surface area contributed by atoms with Gasteiger partial charge in [0.15, 0.2) is 0 Å². The summed E-state index contributed by atoms with van der Waals surface area (Å²) in [5, 5.41) is 2.47. The maximum atomic E-state index is 13.2. The van der Waals surface area contributed by atoms with Gasteiger partial charge in [-0.15, -0.1) is 0 Å². The average Bonchev–Trinajstić information content (AvgIpc) is 2.89. The fraction of sp³-hybridized carbons (Fsp3) is 0.469. The van der Waals surface area contributed by atoms with Gasteiger partial charge >= 0.3 is 18.0 Å². The lowest BCUT2D eigenvalue weighted by Crippen LogP contribution is -2.44. The number of carbonyl (C=O) groups excluding carboxylic acids is 4. The summed E-state index contributed by atoms with van der Waals surface area (Å²) in [5.74, 6) is -1.42. The van der Waals surface area contributed by atoms with Crippen LogP contribution in [0, 0.1) is 0 Å². The quantitative estimate of drug-likeness (QED) is 0.207. The Morgan fingerprint density at radius 2 is 1.22 bits per heavy atom. The Balaban J connectivity index is 2.22. The molecule has 1 N–H and O–H groups in total. The number of rotatable bonds is 12. The first-order valence-corrected chi connectivity index (χ1v) is 13.7. The Morgan fingerprint density at radius 3 is 1.68 bits per heavy atom. The van der Waals surface area contributed by atoms with E-state index < -0.39 is 41.3 Å². The molecule has 0 saturated carbocycles. The Morgan fingerprint density at radius 1 is 0.732 bits per heavy atom. The minimum absolute atomic E-state index is 0.0183. The zero-order chi connectivity index (χ0) is 30.6. The minimum Gasteiger partial charge on any atom is -0.467 e. The molecule has 0 bridgehead atoms. The van der Waals surface area contributed by atoms with Gasteiger partial charge in [0, 0.05) is 24.0 Å². The highest BCUT2D eigenvalue weighted by Crippen LogP contribution is 2.19. The van der Waals surface area contributed by atoms with Crippen molar-refractivity contribution in [2.24, 2.45) is 4.99 Å². The average molecular weight is 567 g/mol. The SMILES string of the molecule is COC(=O)[C@H](CCC(=O)CCC(N=C(c1ccccc1)c1ccccc1)C(=O)OC(C)(C)C)NC(=O)OC(C)(C)C. The lowest BCUT2D eigenvalue weighted by Gasteiger charge is -2.23. The van der Waals surface area contributed by atoms with Crippen LogP contribution in [-0.2, 0) is 28.6 Å². The van der Waals surface area contributed by atoms with Gasteiger partial charge in [-0.3, -0.25) is 9.79 Å². The summed E-state index contributed by atoms with van der Waals surface area (Å²) in [7, 11) is 1.20. The Kier molecular flexibility index (Phi) is 12.2. The van der Waals surface area contributed by atoms with E-state index in [9.17, 15) is 19.2 Å². The van der Waals surface area contributed by atoms with Gasteiger partial charge in [0.25, 0.3) is 0 Å². The summed E-state index contributed by atoms with van der Waals surface area (Å²) in [5.41, 5.74) is 0.772. The van der Waals surface area contributed by atoms with Crippen LogP contribution in [0.1, 0.15) is 78.4 Å². The second-order valence-electron chi connectivity index (χ2n) is 11.6. The number of carbonyl (C=O) groups is 4. The molecule has 0 heterocycles. The van der Waals surface area contributed by atoms with Gasteiger partial charge in [0.2, 0.25) is 0 Å². The van der Waals surface area contributed by atoms with Crippen molar-refractivity contribution in [1.29, 1.82) is 0 Å². The van der Waals surface area contributed by atoms with Crippen LogP contribution in [0.15, 0.2) is 65.7 Å². The highest BCUT2D eigenvalue weighted by Gasteiger charge is 2.28. The monoisotopic (exact) mass is 566 g/mol. The third-order valence-electron chi connectivity index (χ3n) is 5.64. The zero-order valence-electron chi connectivity index (χ0n) is 25.1. The number of methoxy groups -OCH3 is 1. The van der Waals surface area contributed by atoms with Gasteiger partial charge in [-0.05, 0) is 54.4 Å². The van der Waals surface area contributed by atoms with E-state index in [4.69, 9.17) is 19.2 Å². The predicted octanol–water partition coefficient (Wildman–Crippen LogP) is 5.43. The summed E-state index contributed by atoms with van der Waals surface area (Å²) in [4.78, 5) is 55.4. The van der Waals surface area contributed by atoms with Crippen molar-refractivity contribution >= 4 is 29.5 Å². The summed E-state index contributed by atoms with van der Waals surface area (Å²) in [6, 6.07) is 17.0. The van der Waals surface area contributed by atoms with Gasteiger partial charge in [-0.2, -0.15) is 0 Å². The smallest absolute Gasteiger partial charge is 0.408 e. The lowest BCUT2D eigenvalue weighted by atomic mass is 10.00. The Hall–Kier alpha value is -4.01. The van der Waals surface area contributed by atoms with E-state index in [1.165, 1.54) is 7.11 Å². The molecule has 0 fully saturated rings. The van der Waals surface area contributed by atoms with Crippen LogP contribution in [0.2, 0.25) is 0 Å². The van der Waals surface area contributed by atoms with Gasteiger partial charge in [0.05, 0.1) is 12.8 Å². The highest BCUT2D eigenvalue weighted by atomic mass is 16.6. The van der Waals surface area contributed by atoms with E-state index in [0.29, 0.717) is 5.71 Å². The van der Waals surface area contributed by atoms with Crippen LogP contribution in [-0.4, -0.2) is 59.9 Å². The molecule has 2 aromatic carbocycles. The molecule has 2 atom stereocenters. The van der Waals surface area contributed by atoms with Crippen molar-refractivity contribution in [3.8, 4) is 0 Å². The van der Waals surface area contributed by atoms with Gasteiger partial charge in [0.1, 0.15) is 29.1 Å². The molecule has 0 aromatic heterocycles. The van der Waals surface area contributed by atoms with Crippen LogP contribution < -0.4 is 5.32 Å². The normalized spacial score (nSPS) is 12.9. The maximum Gasteiger partial charge on any atom is 0.408 e. The zero-order valence-corrected chi connectivity index (χ0v) is 25.1. The molecule has 0 saturated heterocycles. The van der Waals surface area contributed by atoms with Gasteiger partial charge < -0.3 is 19.5 Å². The van der Waals surface area contributed by atoms with Crippen LogP contribution in [0.25, 0.3) is 0 Å². The number of hydrogen-bond donors (Lipinski definition) is 1. The number of nitrogens with one attached hydrogen (secondary N) is 1. The first kappa shape index (κ1) is 33.2. The number of ketones is 1. The van der Waals surface area contributed by atoms with Crippen molar-refractivity contribution in [2.45, 2.75) is 90.5 Å². The fourth-order valence-corrected chi connectivity index (χ4v) is 3.84. The van der Waals surface area contributed by atoms with Crippen molar-refractivity contribution in [3.63, 3.8) is 0 Å². The van der Waals surface area contributed by atoms with Crippen LogP contribution in [0.5, 0.6) is 0 Å². The molecule has 9 nitrogen and oxygen atoms in total. The molecular weight excluding hydrogens is 524 g/mol. The molecule has 0 aliphatic heterocycles. The second kappa shape index (κ2) is 15.1. The number of nitrogens with zero attached hydrogens (tertiary/aromatic N) is 1. The Labute approximate surface area is 242 Å². The molecule has 2 rings (SSSR count). The molecule has 41 heavy (non-hydrogen) atoms. The molecule has 0 radical (unpaired) electrons. The molecule has 0 spiro atoms. The molecule has 1 unspecified atom stereocenters. The second-order valence-corrected chi connectivity index (χ2v) is 11.6. The molecule has 9 heteroatoms. The molecule has 0 aliphatic carbocycles. The molecule has 0 aliphatic rings. The van der Waals surface area contributed by atoms with Crippen molar-refractivity contribution in [1.82, 2.24) is 5.32 Å². The number of Topliss-reactive ketones (excluding diaryl/α,β-unsaturated/α-hetero) is 1. The van der Waals surface area contributed by atoms with Crippen LogP contribution in [0.4, 0.5) is 4.79 Å². The number of aliphatic imine (C=N–C) groups is 1. The van der Waals surface area contributed by atoms with E-state index in [1.54, 1.807) is 41.5 Å². The largest absolute Gasteiger partial charge is 0.467 e. The fourth-order valence-electron chi connectivity index (χ4n) is 3.84. The summed E-state index contributed by atoms with van der Waals surface area (Å²) < 4.78 is 15.6. The molecular formula is C32H42N2O7. The van der Waals surface area contributed by atoms with Crippen molar-refractivity contribution in [3.05, 3.63) is 71.8 Å². The summed E-state index contributed by atoms with van der Waals surface area (Å²) in [6.45, 7) is 10.4. The van der Waals surface area contributed by atoms with Crippen molar-refractivity contribution < 1.29 is 33.4 Å². The predicted molar refractivity (Wildman–Crippen MR) is 157 cm³/mol. The standard InChI is InChI=1S/C32H42N2O7/c1-31(2,3)40-29(37)26(33-27(22-14-10-8-11-15-22)23-16-12-9-13-17-23)21-19-24(35)18-20-25(28(36)39-7)34-30(38)41-32(4,5)6/h8-17,25-26H,18-21H2,1-7H3,(H,34,38)/t25-,26?/m0/s1. The highest BCUT2D eigenvalue weighted by molar-refractivity contribution is 6.13. The van der Waals surface area contributed by atoms with Crippen LogP contribution >= 0.6 is 0 Å². The number of esters is 2. The van der Waals surface area contributed by atoms with E-state index >= 15 is 0 Å². The lowest BCUT2D eigenvalue weighted by molar-refractivity contribution is -0.156. The summed E-state index contributed by atoms with van der Waals surface area (Å²) in [6.07, 6.45) is -0.659. The van der Waals surface area contributed by atoms with E-state index in [0.717, 1.165) is 11.1 Å². The molecule has 222 valence electrons. The number of alkyl carbamates (subject to hydrolysis) is 1. The number of benzene rings is 2. The molecule has 1 amide bonds. The van der Waals surface area contributed by atoms with E-state index in [2.05, 4.69) is 5.32 Å². The topological polar surface area (TPSA) is 120 Å². The first-order chi connectivity index (χ1) is 19.2. The van der Waals surface area contributed by atoms with Crippen LogP contribution in [0.3, 0.4) is 0 Å². The van der Waals surface area contributed by atoms with Gasteiger partial charge in [-0.1, -0.05) is 60.7 Å². The van der Waals surface area contributed by atoms with E-state index in [-0.39, 0.29) is 31.5 Å². The van der Waals surface area contributed by atoms with Gasteiger partial charge in [-0.25, -0.2) is 14.4 Å². The maximum absolute atomic E-state index is 13.2. The third-order valence-corrected chi connectivity index (χ3v) is 5.64. The molecule has 2 aromatic rings. The third kappa shape index (κ3) is 12.4. The number of amides is 1. The minimum atomic E-state index is -1.05. The summed E-state index contributed by atoms with van der Waals surface area (Å²) >= 11 is 0. The van der Waals surface area contributed by atoms with Crippen molar-refractivity contribution in [2.75, 3.05) is 7.11 Å².